The zero-order chi connectivity index (χ0) is 8.27. The molecule has 0 aliphatic heterocycles. The summed E-state index contributed by atoms with van der Waals surface area (Å²) in [5.41, 5.74) is 0.484. The van der Waals surface area contributed by atoms with E-state index < -0.39 is 0 Å². The molecule has 0 amide bonds. The second-order valence-corrected chi connectivity index (χ2v) is 2.10. The highest BCUT2D eigenvalue weighted by molar-refractivity contribution is 5.51. The molecule has 0 fully saturated rings. The van der Waals surface area contributed by atoms with Gasteiger partial charge in [-0.25, -0.2) is 10.8 Å². The minimum Gasteiger partial charge on any atom is -0.297 e. The number of rotatable bonds is 1. The lowest BCUT2D eigenvalue weighted by molar-refractivity contribution is 0.972. The maximum atomic E-state index is 8.60. The summed E-state index contributed by atoms with van der Waals surface area (Å²) in [7, 11) is 1.64. The molecule has 4 nitrogen and oxygen atoms in total. The van der Waals surface area contributed by atoms with E-state index in [0.717, 1.165) is 0 Å². The van der Waals surface area contributed by atoms with Crippen LogP contribution >= 0.6 is 0 Å². The molecule has 0 saturated heterocycles. The van der Waals surface area contributed by atoms with Gasteiger partial charge in [0.15, 0.2) is 5.82 Å². The molecule has 0 bridgehead atoms. The summed E-state index contributed by atoms with van der Waals surface area (Å²) in [5, 5.41) is 9.91. The Morgan fingerprint density at radius 3 is 2.91 bits per heavy atom. The van der Waals surface area contributed by atoms with Gasteiger partial charge in [-0.1, -0.05) is 0 Å². The molecule has 0 atom stereocenters. The molecule has 1 aromatic rings. The molecule has 0 aromatic carbocycles. The molecule has 1 aromatic heterocycles. The molecular formula is C7H8N4. The van der Waals surface area contributed by atoms with Crippen LogP contribution in [0.15, 0.2) is 18.3 Å². The van der Waals surface area contributed by atoms with Gasteiger partial charge in [-0.3, -0.25) is 5.01 Å². The number of aromatic nitrogens is 1. The Morgan fingerprint density at radius 1 is 1.73 bits per heavy atom. The van der Waals surface area contributed by atoms with E-state index in [0.29, 0.717) is 11.4 Å². The summed E-state index contributed by atoms with van der Waals surface area (Å²) < 4.78 is 0. The summed E-state index contributed by atoms with van der Waals surface area (Å²) in [6.07, 6.45) is 1.60. The molecular weight excluding hydrogens is 140 g/mol. The van der Waals surface area contributed by atoms with Crippen LogP contribution in [-0.4, -0.2) is 12.0 Å². The average molecular weight is 148 g/mol. The van der Waals surface area contributed by atoms with E-state index in [1.54, 1.807) is 25.4 Å². The average Bonchev–Trinajstić information content (AvgIpc) is 2.04. The number of pyridine rings is 1. The van der Waals surface area contributed by atoms with Crippen LogP contribution in [-0.2, 0) is 0 Å². The number of hydrogen-bond donors (Lipinski definition) is 1. The lowest BCUT2D eigenvalue weighted by Crippen LogP contribution is -2.26. The Bertz CT molecular complexity index is 287. The number of hydrazine groups is 1. The molecule has 0 saturated carbocycles. The van der Waals surface area contributed by atoms with Crippen molar-refractivity contribution in [2.45, 2.75) is 0 Å². The second-order valence-electron chi connectivity index (χ2n) is 2.10. The molecule has 11 heavy (non-hydrogen) atoms. The fourth-order valence-electron chi connectivity index (χ4n) is 0.765. The quantitative estimate of drug-likeness (QED) is 0.458. The first-order valence-electron chi connectivity index (χ1n) is 3.09. The number of nitriles is 1. The zero-order valence-electron chi connectivity index (χ0n) is 6.15. The summed E-state index contributed by atoms with van der Waals surface area (Å²) in [6.45, 7) is 0. The van der Waals surface area contributed by atoms with Crippen molar-refractivity contribution in [1.82, 2.24) is 4.98 Å². The number of hydrogen-bond acceptors (Lipinski definition) is 4. The van der Waals surface area contributed by atoms with Crippen molar-refractivity contribution in [2.24, 2.45) is 5.84 Å². The third kappa shape index (κ3) is 1.45. The zero-order valence-corrected chi connectivity index (χ0v) is 6.15. The fraction of sp³-hybridized carbons (Fsp3) is 0.143. The van der Waals surface area contributed by atoms with E-state index >= 15 is 0 Å². The molecule has 4 heteroatoms. The van der Waals surface area contributed by atoms with E-state index in [-0.39, 0.29) is 0 Å². The highest BCUT2D eigenvalue weighted by Gasteiger charge is 2.02. The van der Waals surface area contributed by atoms with E-state index in [1.165, 1.54) is 5.01 Å². The molecule has 56 valence electrons. The van der Waals surface area contributed by atoms with Crippen molar-refractivity contribution in [3.05, 3.63) is 23.9 Å². The SMILES string of the molecule is CN(N)c1ncccc1C#N. The summed E-state index contributed by atoms with van der Waals surface area (Å²) in [6, 6.07) is 5.36. The van der Waals surface area contributed by atoms with Crippen LogP contribution in [0.3, 0.4) is 0 Å². The number of nitrogens with two attached hydrogens (primary N) is 1. The van der Waals surface area contributed by atoms with Crippen molar-refractivity contribution in [1.29, 1.82) is 5.26 Å². The van der Waals surface area contributed by atoms with Gasteiger partial charge in [0.05, 0.1) is 5.56 Å². The molecule has 0 spiro atoms. The predicted octanol–water partition coefficient (Wildman–Crippen LogP) is 0.263. The van der Waals surface area contributed by atoms with Gasteiger partial charge < -0.3 is 0 Å². The fourth-order valence-corrected chi connectivity index (χ4v) is 0.765. The molecule has 0 aliphatic carbocycles. The van der Waals surface area contributed by atoms with Crippen molar-refractivity contribution in [3.63, 3.8) is 0 Å². The first-order valence-corrected chi connectivity index (χ1v) is 3.09. The van der Waals surface area contributed by atoms with Crippen LogP contribution in [0, 0.1) is 11.3 Å². The standard InChI is InChI=1S/C7H8N4/c1-11(9)7-6(5-8)3-2-4-10-7/h2-4H,9H2,1H3. The van der Waals surface area contributed by atoms with E-state index in [2.05, 4.69) is 4.98 Å². The Kier molecular flexibility index (Phi) is 2.04. The van der Waals surface area contributed by atoms with Gasteiger partial charge in [-0.15, -0.1) is 0 Å². The van der Waals surface area contributed by atoms with Crippen LogP contribution in [0.5, 0.6) is 0 Å². The molecule has 2 N–H and O–H groups in total. The second kappa shape index (κ2) is 2.99. The van der Waals surface area contributed by atoms with Crippen molar-refractivity contribution in [2.75, 3.05) is 12.1 Å². The number of nitrogens with zero attached hydrogens (tertiary/aromatic N) is 3. The van der Waals surface area contributed by atoms with E-state index in [9.17, 15) is 0 Å². The normalized spacial score (nSPS) is 8.82. The third-order valence-electron chi connectivity index (χ3n) is 1.24. The molecule has 1 heterocycles. The largest absolute Gasteiger partial charge is 0.297 e. The van der Waals surface area contributed by atoms with Gasteiger partial charge in [-0.05, 0) is 12.1 Å². The maximum Gasteiger partial charge on any atom is 0.160 e. The highest BCUT2D eigenvalue weighted by atomic mass is 15.4. The van der Waals surface area contributed by atoms with Gasteiger partial charge in [0, 0.05) is 13.2 Å². The van der Waals surface area contributed by atoms with Gasteiger partial charge in [-0.2, -0.15) is 5.26 Å². The van der Waals surface area contributed by atoms with Crippen LogP contribution < -0.4 is 10.9 Å². The lowest BCUT2D eigenvalue weighted by Gasteiger charge is -2.10. The van der Waals surface area contributed by atoms with Crippen molar-refractivity contribution >= 4 is 5.82 Å². The van der Waals surface area contributed by atoms with Crippen molar-refractivity contribution < 1.29 is 0 Å². The minimum atomic E-state index is 0.484. The smallest absolute Gasteiger partial charge is 0.160 e. The Morgan fingerprint density at radius 2 is 2.45 bits per heavy atom. The van der Waals surface area contributed by atoms with Gasteiger partial charge in [0.25, 0.3) is 0 Å². The summed E-state index contributed by atoms with van der Waals surface area (Å²) in [5.74, 6) is 5.91. The van der Waals surface area contributed by atoms with Crippen LogP contribution in [0.25, 0.3) is 0 Å². The summed E-state index contributed by atoms with van der Waals surface area (Å²) in [4.78, 5) is 3.93. The van der Waals surface area contributed by atoms with E-state index in [1.807, 2.05) is 6.07 Å². The van der Waals surface area contributed by atoms with Crippen molar-refractivity contribution in [3.8, 4) is 6.07 Å². The highest BCUT2D eigenvalue weighted by Crippen LogP contribution is 2.10. The Balaban J connectivity index is 3.15. The van der Waals surface area contributed by atoms with Crippen LogP contribution in [0.2, 0.25) is 0 Å². The van der Waals surface area contributed by atoms with E-state index in [4.69, 9.17) is 11.1 Å². The topological polar surface area (TPSA) is 65.9 Å². The lowest BCUT2D eigenvalue weighted by atomic mass is 10.3. The predicted molar refractivity (Wildman–Crippen MR) is 41.5 cm³/mol. The Hall–Kier alpha value is -1.60. The monoisotopic (exact) mass is 148 g/mol. The first-order chi connectivity index (χ1) is 5.25. The minimum absolute atomic E-state index is 0.484. The molecule has 0 unspecified atom stereocenters. The van der Waals surface area contributed by atoms with Crippen LogP contribution in [0.4, 0.5) is 5.82 Å². The molecule has 1 rings (SSSR count). The van der Waals surface area contributed by atoms with Gasteiger partial charge >= 0.3 is 0 Å². The van der Waals surface area contributed by atoms with Gasteiger partial charge in [0.1, 0.15) is 6.07 Å². The van der Waals surface area contributed by atoms with Gasteiger partial charge in [0.2, 0.25) is 0 Å². The van der Waals surface area contributed by atoms with Crippen LogP contribution in [0.1, 0.15) is 5.56 Å². The molecule has 0 radical (unpaired) electrons. The first kappa shape index (κ1) is 7.51. The number of anilines is 1. The third-order valence-corrected chi connectivity index (χ3v) is 1.24. The maximum absolute atomic E-state index is 8.60. The molecule has 0 aliphatic rings. The summed E-state index contributed by atoms with van der Waals surface area (Å²) >= 11 is 0. The Labute approximate surface area is 64.8 Å².